The number of aliphatic hydroxyl groups excluding tert-OH is 1. The fourth-order valence-corrected chi connectivity index (χ4v) is 4.90. The molecule has 1 aliphatic heterocycles. The van der Waals surface area contributed by atoms with Crippen molar-refractivity contribution < 1.29 is 14.6 Å². The van der Waals surface area contributed by atoms with E-state index in [1.54, 1.807) is 0 Å². The number of fused-ring (bicyclic) bond motifs is 1. The Kier molecular flexibility index (Phi) is 8.23. The molecule has 6 nitrogen and oxygen atoms in total. The van der Waals surface area contributed by atoms with Gasteiger partial charge in [0.1, 0.15) is 11.9 Å². The van der Waals surface area contributed by atoms with E-state index in [0.717, 1.165) is 24.7 Å². The van der Waals surface area contributed by atoms with Crippen molar-refractivity contribution in [2.75, 3.05) is 52.3 Å². The highest BCUT2D eigenvalue weighted by atomic mass is 16.5. The highest BCUT2D eigenvalue weighted by molar-refractivity contribution is 5.98. The lowest BCUT2D eigenvalue weighted by Gasteiger charge is -2.39. The average molecular weight is 432 g/mol. The Balaban J connectivity index is 1.84. The van der Waals surface area contributed by atoms with Gasteiger partial charge in [-0.05, 0) is 50.9 Å². The van der Waals surface area contributed by atoms with Gasteiger partial charge in [-0.2, -0.15) is 0 Å². The summed E-state index contributed by atoms with van der Waals surface area (Å²) in [6.07, 6.45) is 6.73. The van der Waals surface area contributed by atoms with Crippen molar-refractivity contribution in [2.45, 2.75) is 58.1 Å². The number of rotatable bonds is 7. The number of ether oxygens (including phenoxy) is 1. The summed E-state index contributed by atoms with van der Waals surface area (Å²) in [6, 6.07) is 5.61. The molecule has 1 aliphatic carbocycles. The van der Waals surface area contributed by atoms with Crippen LogP contribution in [0.2, 0.25) is 0 Å². The topological polar surface area (TPSA) is 56.2 Å². The van der Waals surface area contributed by atoms with Crippen molar-refractivity contribution in [1.29, 1.82) is 0 Å². The van der Waals surface area contributed by atoms with Crippen molar-refractivity contribution in [3.63, 3.8) is 0 Å². The van der Waals surface area contributed by atoms with E-state index in [2.05, 4.69) is 18.9 Å². The number of anilines is 1. The second-order valence-electron chi connectivity index (χ2n) is 9.92. The first-order valence-electron chi connectivity index (χ1n) is 11.9. The standard InChI is InChI=1S/C25H41N3O3/c1-18-14-28(19(2)17-29)25(30)22-13-21(26(3)4)11-12-23(22)31-24(18)16-27(5)15-20-9-7-6-8-10-20/h11-13,18-20,24,29H,6-10,14-17H2,1-5H3/t18-,19+,24+/m0/s1. The molecule has 1 fully saturated rings. The van der Waals surface area contributed by atoms with Crippen LogP contribution in [0.1, 0.15) is 56.3 Å². The van der Waals surface area contributed by atoms with Crippen LogP contribution in [0.15, 0.2) is 18.2 Å². The molecule has 0 unspecified atom stereocenters. The van der Waals surface area contributed by atoms with Gasteiger partial charge < -0.3 is 24.5 Å². The van der Waals surface area contributed by atoms with Crippen LogP contribution in [0.4, 0.5) is 5.69 Å². The molecule has 0 spiro atoms. The predicted octanol–water partition coefficient (Wildman–Crippen LogP) is 3.48. The SMILES string of the molecule is C[C@H](CO)N1C[C@H](C)[C@@H](CN(C)CC2CCCCC2)Oc2ccc(N(C)C)cc2C1=O. The van der Waals surface area contributed by atoms with Crippen molar-refractivity contribution in [1.82, 2.24) is 9.80 Å². The highest BCUT2D eigenvalue weighted by Gasteiger charge is 2.33. The van der Waals surface area contributed by atoms with E-state index >= 15 is 0 Å². The van der Waals surface area contributed by atoms with Crippen molar-refractivity contribution >= 4 is 11.6 Å². The third-order valence-corrected chi connectivity index (χ3v) is 6.95. The molecule has 0 saturated heterocycles. The number of hydrogen-bond donors (Lipinski definition) is 1. The zero-order chi connectivity index (χ0) is 22.5. The number of amides is 1. The molecule has 3 rings (SSSR count). The first kappa shape index (κ1) is 23.9. The normalized spacial score (nSPS) is 23.7. The molecule has 1 amide bonds. The fourth-order valence-electron chi connectivity index (χ4n) is 4.90. The van der Waals surface area contributed by atoms with Crippen LogP contribution in [0.5, 0.6) is 5.75 Å². The zero-order valence-corrected chi connectivity index (χ0v) is 20.0. The lowest BCUT2D eigenvalue weighted by Crippen LogP contribution is -2.50. The molecule has 31 heavy (non-hydrogen) atoms. The van der Waals surface area contributed by atoms with E-state index < -0.39 is 0 Å². The van der Waals surface area contributed by atoms with Crippen LogP contribution >= 0.6 is 0 Å². The third kappa shape index (κ3) is 5.92. The summed E-state index contributed by atoms with van der Waals surface area (Å²) in [5.74, 6) is 1.52. The van der Waals surface area contributed by atoms with Gasteiger partial charge in [-0.25, -0.2) is 0 Å². The van der Waals surface area contributed by atoms with E-state index in [1.165, 1.54) is 32.1 Å². The quantitative estimate of drug-likeness (QED) is 0.716. The molecule has 2 aliphatic rings. The lowest BCUT2D eigenvalue weighted by atomic mass is 9.89. The second-order valence-corrected chi connectivity index (χ2v) is 9.92. The first-order chi connectivity index (χ1) is 14.8. The van der Waals surface area contributed by atoms with Crippen LogP contribution in [-0.2, 0) is 0 Å². The van der Waals surface area contributed by atoms with Gasteiger partial charge in [0.05, 0.1) is 18.2 Å². The number of carbonyl (C=O) groups excluding carboxylic acids is 1. The van der Waals surface area contributed by atoms with Crippen molar-refractivity contribution in [3.05, 3.63) is 23.8 Å². The third-order valence-electron chi connectivity index (χ3n) is 6.95. The summed E-state index contributed by atoms with van der Waals surface area (Å²) >= 11 is 0. The molecule has 174 valence electrons. The predicted molar refractivity (Wildman–Crippen MR) is 126 cm³/mol. The molecular formula is C25H41N3O3. The minimum Gasteiger partial charge on any atom is -0.488 e. The van der Waals surface area contributed by atoms with Crippen molar-refractivity contribution in [3.8, 4) is 5.75 Å². The molecule has 1 aromatic rings. The smallest absolute Gasteiger partial charge is 0.258 e. The van der Waals surface area contributed by atoms with E-state index in [-0.39, 0.29) is 30.6 Å². The van der Waals surface area contributed by atoms with E-state index in [1.807, 2.05) is 49.0 Å². The molecule has 0 aromatic heterocycles. The van der Waals surface area contributed by atoms with Gasteiger partial charge in [0.15, 0.2) is 0 Å². The van der Waals surface area contributed by atoms with Crippen molar-refractivity contribution in [2.24, 2.45) is 11.8 Å². The average Bonchev–Trinajstić information content (AvgIpc) is 2.75. The Morgan fingerprint density at radius 1 is 1.16 bits per heavy atom. The van der Waals surface area contributed by atoms with Crippen LogP contribution in [-0.4, -0.2) is 80.3 Å². The van der Waals surface area contributed by atoms with Gasteiger partial charge in [-0.1, -0.05) is 26.2 Å². The molecule has 6 heteroatoms. The summed E-state index contributed by atoms with van der Waals surface area (Å²) < 4.78 is 6.51. The zero-order valence-electron chi connectivity index (χ0n) is 20.0. The van der Waals surface area contributed by atoms with Crippen LogP contribution in [0, 0.1) is 11.8 Å². The fraction of sp³-hybridized carbons (Fsp3) is 0.720. The Morgan fingerprint density at radius 3 is 2.52 bits per heavy atom. The van der Waals surface area contributed by atoms with Gasteiger partial charge in [-0.3, -0.25) is 4.79 Å². The summed E-state index contributed by atoms with van der Waals surface area (Å²) in [5, 5.41) is 9.80. The minimum atomic E-state index is -0.232. The maximum Gasteiger partial charge on any atom is 0.258 e. The molecule has 0 radical (unpaired) electrons. The van der Waals surface area contributed by atoms with Crippen LogP contribution < -0.4 is 9.64 Å². The summed E-state index contributed by atoms with van der Waals surface area (Å²) in [5.41, 5.74) is 1.55. The molecular weight excluding hydrogens is 390 g/mol. The molecule has 3 atom stereocenters. The summed E-state index contributed by atoms with van der Waals surface area (Å²) in [4.78, 5) is 19.6. The number of aliphatic hydroxyl groups is 1. The van der Waals surface area contributed by atoms with Crippen LogP contribution in [0.25, 0.3) is 0 Å². The Morgan fingerprint density at radius 2 is 1.87 bits per heavy atom. The maximum absolute atomic E-state index is 13.4. The number of benzene rings is 1. The van der Waals surface area contributed by atoms with Crippen LogP contribution in [0.3, 0.4) is 0 Å². The molecule has 1 aromatic carbocycles. The molecule has 1 heterocycles. The summed E-state index contributed by atoms with van der Waals surface area (Å²) in [6.45, 7) is 6.54. The number of carbonyl (C=O) groups is 1. The number of nitrogens with zero attached hydrogens (tertiary/aromatic N) is 3. The Bertz CT molecular complexity index is 733. The highest BCUT2D eigenvalue weighted by Crippen LogP contribution is 2.31. The maximum atomic E-state index is 13.4. The molecule has 1 N–H and O–H groups in total. The summed E-state index contributed by atoms with van der Waals surface area (Å²) in [7, 11) is 6.13. The largest absolute Gasteiger partial charge is 0.488 e. The van der Waals surface area contributed by atoms with E-state index in [4.69, 9.17) is 4.74 Å². The minimum absolute atomic E-state index is 0.0148. The van der Waals surface area contributed by atoms with Gasteiger partial charge in [-0.15, -0.1) is 0 Å². The second kappa shape index (κ2) is 10.7. The van der Waals surface area contributed by atoms with E-state index in [9.17, 15) is 9.90 Å². The first-order valence-corrected chi connectivity index (χ1v) is 11.9. The number of hydrogen-bond acceptors (Lipinski definition) is 5. The lowest BCUT2D eigenvalue weighted by molar-refractivity contribution is 0.0330. The van der Waals surface area contributed by atoms with Gasteiger partial charge in [0.25, 0.3) is 5.91 Å². The van der Waals surface area contributed by atoms with Gasteiger partial charge >= 0.3 is 0 Å². The van der Waals surface area contributed by atoms with Gasteiger partial charge in [0, 0.05) is 45.3 Å². The molecule has 0 bridgehead atoms. The van der Waals surface area contributed by atoms with Gasteiger partial charge in [0.2, 0.25) is 0 Å². The Labute approximate surface area is 188 Å². The Hall–Kier alpha value is -1.79. The molecule has 1 saturated carbocycles. The van der Waals surface area contributed by atoms with E-state index in [0.29, 0.717) is 17.9 Å². The monoisotopic (exact) mass is 431 g/mol. The number of likely N-dealkylation sites (N-methyl/N-ethyl adjacent to an activating group) is 1.